The van der Waals surface area contributed by atoms with E-state index in [1.807, 2.05) is 0 Å². The minimum Gasteiger partial charge on any atom is -0.466 e. The lowest BCUT2D eigenvalue weighted by Crippen LogP contribution is -2.29. The lowest BCUT2D eigenvalue weighted by atomic mass is 9.85. The molecule has 1 aromatic carbocycles. The number of carbonyl (C=O) groups excluding carboxylic acids is 1. The van der Waals surface area contributed by atoms with Crippen molar-refractivity contribution >= 4 is 21.9 Å². The van der Waals surface area contributed by atoms with E-state index in [9.17, 15) is 22.4 Å². The van der Waals surface area contributed by atoms with E-state index in [1.165, 1.54) is 13.8 Å². The molecule has 0 amide bonds. The molecular weight excluding hydrogens is 356 g/mol. The monoisotopic (exact) mass is 370 g/mol. The van der Waals surface area contributed by atoms with Gasteiger partial charge in [0.1, 0.15) is 5.82 Å². The van der Waals surface area contributed by atoms with Crippen molar-refractivity contribution in [1.82, 2.24) is 0 Å². The van der Waals surface area contributed by atoms with Crippen LogP contribution in [0.25, 0.3) is 0 Å². The molecule has 1 aromatic rings. The SMILES string of the molecule is CCOC(=O)C(C)(C)Cc1cc(C(F)(F)F)c(Br)cc1F. The van der Waals surface area contributed by atoms with Crippen LogP contribution in [0.5, 0.6) is 0 Å². The van der Waals surface area contributed by atoms with E-state index in [0.717, 1.165) is 12.1 Å². The molecule has 0 bridgehead atoms. The van der Waals surface area contributed by atoms with E-state index in [2.05, 4.69) is 15.9 Å². The zero-order valence-electron chi connectivity index (χ0n) is 11.8. The molecule has 0 spiro atoms. The van der Waals surface area contributed by atoms with Crippen LogP contribution in [0.15, 0.2) is 16.6 Å². The Morgan fingerprint density at radius 2 is 1.86 bits per heavy atom. The van der Waals surface area contributed by atoms with Gasteiger partial charge in [-0.25, -0.2) is 4.39 Å². The maximum Gasteiger partial charge on any atom is 0.417 e. The number of hydrogen-bond acceptors (Lipinski definition) is 2. The van der Waals surface area contributed by atoms with Crippen molar-refractivity contribution in [2.75, 3.05) is 6.61 Å². The van der Waals surface area contributed by atoms with E-state index < -0.39 is 28.9 Å². The topological polar surface area (TPSA) is 26.3 Å². The standard InChI is InChI=1S/C14H15BrF4O2/c1-4-21-12(20)13(2,3)7-8-5-9(14(17,18)19)10(15)6-11(8)16/h5-6H,4,7H2,1-3H3. The lowest BCUT2D eigenvalue weighted by molar-refractivity contribution is -0.153. The van der Waals surface area contributed by atoms with Crippen LogP contribution in [-0.4, -0.2) is 12.6 Å². The fraction of sp³-hybridized carbons (Fsp3) is 0.500. The second-order valence-corrected chi connectivity index (χ2v) is 6.06. The Balaban J connectivity index is 3.17. The molecule has 0 aliphatic rings. The largest absolute Gasteiger partial charge is 0.466 e. The first kappa shape index (κ1) is 17.9. The van der Waals surface area contributed by atoms with Crippen molar-refractivity contribution in [2.24, 2.45) is 5.41 Å². The van der Waals surface area contributed by atoms with Crippen LogP contribution < -0.4 is 0 Å². The number of esters is 1. The van der Waals surface area contributed by atoms with Crippen molar-refractivity contribution in [1.29, 1.82) is 0 Å². The summed E-state index contributed by atoms with van der Waals surface area (Å²) in [6.45, 7) is 4.77. The van der Waals surface area contributed by atoms with Gasteiger partial charge in [0, 0.05) is 4.47 Å². The zero-order chi connectivity index (χ0) is 16.4. The highest BCUT2D eigenvalue weighted by Crippen LogP contribution is 2.37. The van der Waals surface area contributed by atoms with E-state index in [-0.39, 0.29) is 23.1 Å². The highest BCUT2D eigenvalue weighted by Gasteiger charge is 2.36. The highest BCUT2D eigenvalue weighted by atomic mass is 79.9. The van der Waals surface area contributed by atoms with Crippen LogP contribution >= 0.6 is 15.9 Å². The van der Waals surface area contributed by atoms with Gasteiger partial charge in [-0.05, 0) is 44.9 Å². The van der Waals surface area contributed by atoms with Gasteiger partial charge in [0.2, 0.25) is 0 Å². The summed E-state index contributed by atoms with van der Waals surface area (Å²) >= 11 is 2.70. The maximum absolute atomic E-state index is 13.8. The number of rotatable bonds is 4. The van der Waals surface area contributed by atoms with Crippen molar-refractivity contribution in [2.45, 2.75) is 33.4 Å². The summed E-state index contributed by atoms with van der Waals surface area (Å²) in [6.07, 6.45) is -4.79. The summed E-state index contributed by atoms with van der Waals surface area (Å²) in [4.78, 5) is 11.8. The summed E-state index contributed by atoms with van der Waals surface area (Å²) in [5.41, 5.74) is -2.27. The average Bonchev–Trinajstić information content (AvgIpc) is 2.31. The summed E-state index contributed by atoms with van der Waals surface area (Å²) in [5.74, 6) is -1.38. The molecule has 118 valence electrons. The molecule has 0 saturated carbocycles. The molecule has 7 heteroatoms. The van der Waals surface area contributed by atoms with Crippen molar-refractivity contribution < 1.29 is 27.1 Å². The molecule has 0 heterocycles. The van der Waals surface area contributed by atoms with Crippen LogP contribution in [0.2, 0.25) is 0 Å². The van der Waals surface area contributed by atoms with Crippen molar-refractivity contribution in [3.05, 3.63) is 33.5 Å². The molecule has 21 heavy (non-hydrogen) atoms. The van der Waals surface area contributed by atoms with Crippen LogP contribution in [0, 0.1) is 11.2 Å². The number of ether oxygens (including phenoxy) is 1. The van der Waals surface area contributed by atoms with E-state index in [1.54, 1.807) is 6.92 Å². The fourth-order valence-electron chi connectivity index (χ4n) is 1.82. The molecule has 0 radical (unpaired) electrons. The van der Waals surface area contributed by atoms with Crippen LogP contribution in [0.1, 0.15) is 31.9 Å². The van der Waals surface area contributed by atoms with E-state index >= 15 is 0 Å². The van der Waals surface area contributed by atoms with Crippen LogP contribution in [0.4, 0.5) is 17.6 Å². The summed E-state index contributed by atoms with van der Waals surface area (Å²) in [6, 6.07) is 1.49. The molecule has 0 saturated heterocycles. The first-order valence-corrected chi connectivity index (χ1v) is 7.00. The van der Waals surface area contributed by atoms with Gasteiger partial charge in [0.25, 0.3) is 0 Å². The second kappa shape index (κ2) is 6.34. The van der Waals surface area contributed by atoms with Gasteiger partial charge < -0.3 is 4.74 Å². The third-order valence-electron chi connectivity index (χ3n) is 2.90. The van der Waals surface area contributed by atoms with E-state index in [4.69, 9.17) is 4.74 Å². The highest BCUT2D eigenvalue weighted by molar-refractivity contribution is 9.10. The molecule has 0 fully saturated rings. The zero-order valence-corrected chi connectivity index (χ0v) is 13.4. The number of hydrogen-bond donors (Lipinski definition) is 0. The molecule has 1 rings (SSSR count). The summed E-state index contributed by atoms with van der Waals surface area (Å²) in [7, 11) is 0. The van der Waals surface area contributed by atoms with E-state index in [0.29, 0.717) is 0 Å². The van der Waals surface area contributed by atoms with Gasteiger partial charge >= 0.3 is 12.1 Å². The first-order chi connectivity index (χ1) is 9.49. The Labute approximate surface area is 128 Å². The Bertz CT molecular complexity index is 539. The molecule has 0 aliphatic carbocycles. The quantitative estimate of drug-likeness (QED) is 0.565. The number of benzene rings is 1. The molecule has 0 aliphatic heterocycles. The van der Waals surface area contributed by atoms with Gasteiger partial charge in [-0.3, -0.25) is 4.79 Å². The van der Waals surface area contributed by atoms with Gasteiger partial charge in [-0.1, -0.05) is 15.9 Å². The molecule has 0 atom stereocenters. The van der Waals surface area contributed by atoms with Crippen molar-refractivity contribution in [3.8, 4) is 0 Å². The van der Waals surface area contributed by atoms with Gasteiger partial charge in [0.15, 0.2) is 0 Å². The second-order valence-electron chi connectivity index (χ2n) is 5.20. The van der Waals surface area contributed by atoms with Gasteiger partial charge in [0.05, 0.1) is 17.6 Å². The fourth-order valence-corrected chi connectivity index (χ4v) is 2.36. The number of alkyl halides is 3. The normalized spacial score (nSPS) is 12.4. The predicted octanol–water partition coefficient (Wildman–Crippen LogP) is 4.74. The molecule has 0 unspecified atom stereocenters. The summed E-state index contributed by atoms with van der Waals surface area (Å²) < 4.78 is 56.8. The number of carbonyl (C=O) groups is 1. The first-order valence-electron chi connectivity index (χ1n) is 6.21. The minimum atomic E-state index is -4.60. The third kappa shape index (κ3) is 4.43. The third-order valence-corrected chi connectivity index (χ3v) is 3.56. The van der Waals surface area contributed by atoms with Gasteiger partial charge in [-0.2, -0.15) is 13.2 Å². The van der Waals surface area contributed by atoms with Crippen molar-refractivity contribution in [3.63, 3.8) is 0 Å². The number of halogens is 5. The van der Waals surface area contributed by atoms with Crippen LogP contribution in [-0.2, 0) is 22.1 Å². The molecular formula is C14H15BrF4O2. The Morgan fingerprint density at radius 1 is 1.29 bits per heavy atom. The Hall–Kier alpha value is -1.11. The van der Waals surface area contributed by atoms with Crippen LogP contribution in [0.3, 0.4) is 0 Å². The minimum absolute atomic E-state index is 0.152. The average molecular weight is 371 g/mol. The Morgan fingerprint density at radius 3 is 2.33 bits per heavy atom. The Kier molecular flexibility index (Phi) is 5.41. The summed E-state index contributed by atoms with van der Waals surface area (Å²) in [5, 5.41) is 0. The molecule has 0 aromatic heterocycles. The molecule has 2 nitrogen and oxygen atoms in total. The predicted molar refractivity (Wildman–Crippen MR) is 73.2 cm³/mol. The smallest absolute Gasteiger partial charge is 0.417 e. The maximum atomic E-state index is 13.8. The van der Waals surface area contributed by atoms with Gasteiger partial charge in [-0.15, -0.1) is 0 Å². The lowest BCUT2D eigenvalue weighted by Gasteiger charge is -2.23. The molecule has 0 N–H and O–H groups in total.